The summed E-state index contributed by atoms with van der Waals surface area (Å²) in [5, 5.41) is 11.3. The maximum absolute atomic E-state index is 9.69. The molecule has 1 N–H and O–H groups in total. The van der Waals surface area contributed by atoms with E-state index in [0.29, 0.717) is 5.02 Å². The molecular formula is C17H14ClNO. The third kappa shape index (κ3) is 2.23. The number of phenols is 1. The molecule has 3 heteroatoms. The monoisotopic (exact) mass is 283 g/mol. The van der Waals surface area contributed by atoms with E-state index >= 15 is 0 Å². The van der Waals surface area contributed by atoms with Gasteiger partial charge in [-0.25, -0.2) is 0 Å². The van der Waals surface area contributed by atoms with Crippen LogP contribution >= 0.6 is 11.6 Å². The maximum Gasteiger partial charge on any atom is 0.116 e. The van der Waals surface area contributed by atoms with Crippen LogP contribution in [0.15, 0.2) is 48.5 Å². The number of aryl methyl sites for hydroxylation is 1. The number of fused-ring (bicyclic) bond motifs is 1. The van der Waals surface area contributed by atoms with Crippen LogP contribution in [0.1, 0.15) is 12.6 Å². The lowest BCUT2D eigenvalue weighted by atomic mass is 9.99. The van der Waals surface area contributed by atoms with E-state index in [4.69, 9.17) is 11.6 Å². The van der Waals surface area contributed by atoms with Gasteiger partial charge >= 0.3 is 0 Å². The Morgan fingerprint density at radius 2 is 1.90 bits per heavy atom. The van der Waals surface area contributed by atoms with Crippen molar-refractivity contribution in [3.05, 3.63) is 59.2 Å². The first-order valence-corrected chi connectivity index (χ1v) is 6.94. The number of phenolic OH excluding ortho intramolecular Hbond substituents is 1. The van der Waals surface area contributed by atoms with Gasteiger partial charge in [0.25, 0.3) is 0 Å². The molecular weight excluding hydrogens is 270 g/mol. The molecule has 0 aliphatic carbocycles. The molecule has 1 heterocycles. The second kappa shape index (κ2) is 5.14. The zero-order valence-electron chi connectivity index (χ0n) is 11.1. The van der Waals surface area contributed by atoms with E-state index in [1.54, 1.807) is 12.1 Å². The molecule has 0 radical (unpaired) electrons. The van der Waals surface area contributed by atoms with Gasteiger partial charge in [0.1, 0.15) is 5.75 Å². The highest BCUT2D eigenvalue weighted by molar-refractivity contribution is 6.35. The molecule has 0 bridgehead atoms. The third-order valence-electron chi connectivity index (χ3n) is 3.36. The number of halogens is 1. The summed E-state index contributed by atoms with van der Waals surface area (Å²) in [4.78, 5) is 4.61. The molecule has 0 amide bonds. The second-order valence-corrected chi connectivity index (χ2v) is 5.11. The van der Waals surface area contributed by atoms with Gasteiger partial charge < -0.3 is 5.11 Å². The van der Waals surface area contributed by atoms with E-state index < -0.39 is 0 Å². The van der Waals surface area contributed by atoms with Gasteiger partial charge in [0.05, 0.1) is 10.5 Å². The van der Waals surface area contributed by atoms with E-state index in [1.807, 2.05) is 30.3 Å². The molecule has 100 valence electrons. The fraction of sp³-hybridized carbons (Fsp3) is 0.118. The van der Waals surface area contributed by atoms with Gasteiger partial charge in [-0.2, -0.15) is 0 Å². The molecule has 3 aromatic rings. The van der Waals surface area contributed by atoms with Gasteiger partial charge in [0.2, 0.25) is 0 Å². The molecule has 0 aliphatic rings. The summed E-state index contributed by atoms with van der Waals surface area (Å²) in [6.07, 6.45) is 0.840. The molecule has 0 spiro atoms. The first-order valence-electron chi connectivity index (χ1n) is 6.56. The fourth-order valence-corrected chi connectivity index (χ4v) is 2.58. The van der Waals surface area contributed by atoms with Crippen LogP contribution in [0.2, 0.25) is 5.02 Å². The van der Waals surface area contributed by atoms with Crippen molar-refractivity contribution in [3.8, 4) is 16.9 Å². The molecule has 2 aromatic carbocycles. The van der Waals surface area contributed by atoms with Crippen molar-refractivity contribution in [2.45, 2.75) is 13.3 Å². The predicted octanol–water partition coefficient (Wildman–Crippen LogP) is 4.82. The van der Waals surface area contributed by atoms with E-state index in [1.165, 1.54) is 0 Å². The molecule has 3 rings (SSSR count). The number of hydrogen-bond donors (Lipinski definition) is 1. The summed E-state index contributed by atoms with van der Waals surface area (Å²) in [6, 6.07) is 15.1. The second-order valence-electron chi connectivity index (χ2n) is 4.70. The van der Waals surface area contributed by atoms with Crippen LogP contribution in [0, 0.1) is 0 Å². The predicted molar refractivity (Wildman–Crippen MR) is 83.2 cm³/mol. The summed E-state index contributed by atoms with van der Waals surface area (Å²) in [5.41, 5.74) is 3.82. The summed E-state index contributed by atoms with van der Waals surface area (Å²) in [7, 11) is 0. The van der Waals surface area contributed by atoms with Crippen LogP contribution in [-0.4, -0.2) is 10.1 Å². The van der Waals surface area contributed by atoms with Crippen molar-refractivity contribution in [2.24, 2.45) is 0 Å². The highest BCUT2D eigenvalue weighted by Gasteiger charge is 2.10. The molecule has 20 heavy (non-hydrogen) atoms. The number of benzene rings is 2. The summed E-state index contributed by atoms with van der Waals surface area (Å²) >= 11 is 6.26. The fourth-order valence-electron chi connectivity index (χ4n) is 2.36. The minimum absolute atomic E-state index is 0.257. The van der Waals surface area contributed by atoms with Crippen molar-refractivity contribution in [1.82, 2.24) is 4.98 Å². The Balaban J connectivity index is 2.36. The highest BCUT2D eigenvalue weighted by Crippen LogP contribution is 2.33. The van der Waals surface area contributed by atoms with Gasteiger partial charge in [-0.1, -0.05) is 42.8 Å². The molecule has 0 saturated carbocycles. The smallest absolute Gasteiger partial charge is 0.116 e. The van der Waals surface area contributed by atoms with Gasteiger partial charge in [-0.3, -0.25) is 4.98 Å². The Labute approximate surface area is 122 Å². The molecule has 0 atom stereocenters. The van der Waals surface area contributed by atoms with Crippen molar-refractivity contribution >= 4 is 22.5 Å². The molecule has 0 aliphatic heterocycles. The average Bonchev–Trinajstić information content (AvgIpc) is 2.47. The van der Waals surface area contributed by atoms with E-state index in [2.05, 4.69) is 18.0 Å². The van der Waals surface area contributed by atoms with Crippen molar-refractivity contribution < 1.29 is 5.11 Å². The van der Waals surface area contributed by atoms with E-state index in [9.17, 15) is 5.11 Å². The number of aromatic nitrogens is 1. The Hall–Kier alpha value is -2.06. The lowest BCUT2D eigenvalue weighted by Gasteiger charge is -2.10. The Morgan fingerprint density at radius 1 is 1.10 bits per heavy atom. The lowest BCUT2D eigenvalue weighted by molar-refractivity contribution is 0.475. The van der Waals surface area contributed by atoms with Crippen LogP contribution in [0.25, 0.3) is 22.0 Å². The first kappa shape index (κ1) is 12.9. The largest absolute Gasteiger partial charge is 0.508 e. The third-order valence-corrected chi connectivity index (χ3v) is 3.67. The molecule has 0 fully saturated rings. The van der Waals surface area contributed by atoms with Crippen LogP contribution < -0.4 is 0 Å². The normalized spacial score (nSPS) is 10.9. The van der Waals surface area contributed by atoms with Crippen LogP contribution in [-0.2, 0) is 6.42 Å². The maximum atomic E-state index is 9.69. The minimum Gasteiger partial charge on any atom is -0.508 e. The van der Waals surface area contributed by atoms with Crippen LogP contribution in [0.4, 0.5) is 0 Å². The number of nitrogens with zero attached hydrogens (tertiary/aromatic N) is 1. The topological polar surface area (TPSA) is 33.1 Å². The number of rotatable bonds is 2. The van der Waals surface area contributed by atoms with E-state index in [0.717, 1.165) is 34.1 Å². The van der Waals surface area contributed by atoms with Crippen molar-refractivity contribution in [3.63, 3.8) is 0 Å². The molecule has 1 aromatic heterocycles. The van der Waals surface area contributed by atoms with Gasteiger partial charge in [0, 0.05) is 11.1 Å². The lowest BCUT2D eigenvalue weighted by Crippen LogP contribution is -1.92. The Morgan fingerprint density at radius 3 is 2.65 bits per heavy atom. The molecule has 0 saturated heterocycles. The Kier molecular flexibility index (Phi) is 3.33. The quantitative estimate of drug-likeness (QED) is 0.731. The van der Waals surface area contributed by atoms with Crippen LogP contribution in [0.5, 0.6) is 5.75 Å². The minimum atomic E-state index is 0.257. The molecule has 0 unspecified atom stereocenters. The number of hydrogen-bond acceptors (Lipinski definition) is 2. The number of pyridine rings is 1. The Bertz CT molecular complexity index is 783. The van der Waals surface area contributed by atoms with Gasteiger partial charge in [0.15, 0.2) is 0 Å². The van der Waals surface area contributed by atoms with Gasteiger partial charge in [-0.05, 0) is 41.8 Å². The number of para-hydroxylation sites is 1. The van der Waals surface area contributed by atoms with Gasteiger partial charge in [-0.15, -0.1) is 0 Å². The standard InChI is InChI=1S/C17H14ClNO/c1-2-12-10-15(11-5-3-6-13(20)9-11)14-7-4-8-16(18)17(14)19-12/h3-10,20H,2H2,1H3. The average molecular weight is 284 g/mol. The summed E-state index contributed by atoms with van der Waals surface area (Å²) in [5.74, 6) is 0.257. The van der Waals surface area contributed by atoms with Crippen LogP contribution in [0.3, 0.4) is 0 Å². The van der Waals surface area contributed by atoms with Crippen molar-refractivity contribution in [2.75, 3.05) is 0 Å². The zero-order chi connectivity index (χ0) is 14.1. The SMILES string of the molecule is CCc1cc(-c2cccc(O)c2)c2cccc(Cl)c2n1. The zero-order valence-corrected chi connectivity index (χ0v) is 11.9. The summed E-state index contributed by atoms with van der Waals surface area (Å²) in [6.45, 7) is 2.07. The first-order chi connectivity index (χ1) is 9.69. The van der Waals surface area contributed by atoms with E-state index in [-0.39, 0.29) is 5.75 Å². The van der Waals surface area contributed by atoms with Crippen molar-refractivity contribution in [1.29, 1.82) is 0 Å². The highest BCUT2D eigenvalue weighted by atomic mass is 35.5. The summed E-state index contributed by atoms with van der Waals surface area (Å²) < 4.78 is 0. The number of aromatic hydroxyl groups is 1. The molecule has 2 nitrogen and oxygen atoms in total.